The fourth-order valence-electron chi connectivity index (χ4n) is 2.86. The molecule has 0 aliphatic heterocycles. The van der Waals surface area contributed by atoms with Crippen LogP contribution in [-0.4, -0.2) is 27.8 Å². The second-order valence-electron chi connectivity index (χ2n) is 5.92. The first-order chi connectivity index (χ1) is 11.0. The molecule has 124 valence electrons. The van der Waals surface area contributed by atoms with E-state index in [-0.39, 0.29) is 11.5 Å². The second kappa shape index (κ2) is 6.65. The van der Waals surface area contributed by atoms with Crippen LogP contribution in [0.25, 0.3) is 10.2 Å². The molecule has 0 amide bonds. The van der Waals surface area contributed by atoms with Crippen LogP contribution in [0.4, 0.5) is 0 Å². The first kappa shape index (κ1) is 16.5. The molecule has 2 atom stereocenters. The SMILES string of the molecule is CCOC(=O)[C@H](C)Sc1nc2sc3c(c2c(=O)[nH]1)CC[C@H](C)C3. The van der Waals surface area contributed by atoms with Gasteiger partial charge in [0.25, 0.3) is 5.56 Å². The molecule has 0 saturated carbocycles. The Labute approximate surface area is 142 Å². The molecule has 0 saturated heterocycles. The zero-order valence-corrected chi connectivity index (χ0v) is 15.1. The molecule has 2 aromatic heterocycles. The Hall–Kier alpha value is -1.34. The van der Waals surface area contributed by atoms with Gasteiger partial charge < -0.3 is 9.72 Å². The lowest BCUT2D eigenvalue weighted by Gasteiger charge is -2.17. The molecule has 0 unspecified atom stereocenters. The molecule has 0 aromatic carbocycles. The number of carbonyl (C=O) groups excluding carboxylic acids is 1. The number of nitrogens with one attached hydrogen (secondary N) is 1. The summed E-state index contributed by atoms with van der Waals surface area (Å²) in [5, 5.41) is 0.824. The zero-order chi connectivity index (χ0) is 16.6. The number of ether oxygens (including phenoxy) is 1. The maximum Gasteiger partial charge on any atom is 0.319 e. The van der Waals surface area contributed by atoms with Crippen molar-refractivity contribution in [1.29, 1.82) is 0 Å². The van der Waals surface area contributed by atoms with Crippen LogP contribution in [0.1, 0.15) is 37.6 Å². The van der Waals surface area contributed by atoms with Crippen LogP contribution in [0, 0.1) is 5.92 Å². The van der Waals surface area contributed by atoms with Gasteiger partial charge >= 0.3 is 5.97 Å². The molecule has 0 radical (unpaired) electrons. The number of thiophene rings is 1. The van der Waals surface area contributed by atoms with Crippen molar-refractivity contribution in [2.75, 3.05) is 6.61 Å². The quantitative estimate of drug-likeness (QED) is 0.520. The van der Waals surface area contributed by atoms with Crippen molar-refractivity contribution in [2.24, 2.45) is 5.92 Å². The largest absolute Gasteiger partial charge is 0.465 e. The molecule has 1 N–H and O–H groups in total. The molecular formula is C16H20N2O3S2. The van der Waals surface area contributed by atoms with Crippen molar-refractivity contribution in [1.82, 2.24) is 9.97 Å². The summed E-state index contributed by atoms with van der Waals surface area (Å²) in [6.07, 6.45) is 3.10. The van der Waals surface area contributed by atoms with Crippen molar-refractivity contribution in [3.8, 4) is 0 Å². The summed E-state index contributed by atoms with van der Waals surface area (Å²) in [6.45, 7) is 6.13. The smallest absolute Gasteiger partial charge is 0.319 e. The van der Waals surface area contributed by atoms with Crippen LogP contribution in [0.3, 0.4) is 0 Å². The maximum absolute atomic E-state index is 12.5. The van der Waals surface area contributed by atoms with Gasteiger partial charge in [0.1, 0.15) is 10.1 Å². The average Bonchev–Trinajstić information content (AvgIpc) is 2.84. The lowest BCUT2D eigenvalue weighted by molar-refractivity contribution is -0.142. The molecule has 1 aliphatic rings. The normalized spacial score (nSPS) is 18.7. The maximum atomic E-state index is 12.5. The van der Waals surface area contributed by atoms with Crippen LogP contribution >= 0.6 is 23.1 Å². The van der Waals surface area contributed by atoms with Crippen molar-refractivity contribution >= 4 is 39.3 Å². The van der Waals surface area contributed by atoms with Gasteiger partial charge in [-0.05, 0) is 44.6 Å². The van der Waals surface area contributed by atoms with Gasteiger partial charge in [-0.1, -0.05) is 18.7 Å². The Bertz CT molecular complexity index is 796. The molecule has 1 aliphatic carbocycles. The minimum atomic E-state index is -0.398. The number of esters is 1. The average molecular weight is 352 g/mol. The van der Waals surface area contributed by atoms with Crippen molar-refractivity contribution in [3.63, 3.8) is 0 Å². The first-order valence-electron chi connectivity index (χ1n) is 7.87. The summed E-state index contributed by atoms with van der Waals surface area (Å²) in [7, 11) is 0. The summed E-state index contributed by atoms with van der Waals surface area (Å²) >= 11 is 2.85. The van der Waals surface area contributed by atoms with Crippen molar-refractivity contribution in [2.45, 2.75) is 50.4 Å². The van der Waals surface area contributed by atoms with Gasteiger partial charge in [0.2, 0.25) is 0 Å². The lowest BCUT2D eigenvalue weighted by atomic mass is 9.89. The summed E-state index contributed by atoms with van der Waals surface area (Å²) in [5.41, 5.74) is 1.08. The van der Waals surface area contributed by atoms with Gasteiger partial charge in [0.15, 0.2) is 5.16 Å². The number of nitrogens with zero attached hydrogens (tertiary/aromatic N) is 1. The highest BCUT2D eigenvalue weighted by molar-refractivity contribution is 8.00. The van der Waals surface area contributed by atoms with E-state index < -0.39 is 5.25 Å². The number of aryl methyl sites for hydroxylation is 1. The number of carbonyl (C=O) groups is 1. The third-order valence-electron chi connectivity index (χ3n) is 4.05. The number of aromatic nitrogens is 2. The minimum absolute atomic E-state index is 0.0967. The van der Waals surface area contributed by atoms with Crippen molar-refractivity contribution in [3.05, 3.63) is 20.8 Å². The van der Waals surface area contributed by atoms with E-state index in [1.165, 1.54) is 22.2 Å². The Morgan fingerprint density at radius 2 is 2.35 bits per heavy atom. The molecule has 23 heavy (non-hydrogen) atoms. The molecule has 0 fully saturated rings. The topological polar surface area (TPSA) is 72.0 Å². The van der Waals surface area contributed by atoms with Gasteiger partial charge in [0, 0.05) is 4.88 Å². The molecular weight excluding hydrogens is 332 g/mol. The van der Waals surface area contributed by atoms with Crippen LogP contribution in [0.5, 0.6) is 0 Å². The standard InChI is InChI=1S/C16H20N2O3S2/c1-4-21-15(20)9(3)22-16-17-13(19)12-10-6-5-8(2)7-11(10)23-14(12)18-16/h8-9H,4-7H2,1-3H3,(H,17,18,19)/t8-,9-/m0/s1. The van der Waals surface area contributed by atoms with E-state index in [0.29, 0.717) is 17.7 Å². The van der Waals surface area contributed by atoms with Crippen LogP contribution < -0.4 is 5.56 Å². The molecule has 2 heterocycles. The first-order valence-corrected chi connectivity index (χ1v) is 9.57. The predicted molar refractivity (Wildman–Crippen MR) is 93.4 cm³/mol. The van der Waals surface area contributed by atoms with E-state index in [0.717, 1.165) is 29.5 Å². The Morgan fingerprint density at radius 3 is 3.09 bits per heavy atom. The van der Waals surface area contributed by atoms with E-state index in [1.807, 2.05) is 0 Å². The van der Waals surface area contributed by atoms with Gasteiger partial charge in [-0.15, -0.1) is 11.3 Å². The Kier molecular flexibility index (Phi) is 4.77. The highest BCUT2D eigenvalue weighted by Crippen LogP contribution is 2.36. The van der Waals surface area contributed by atoms with Gasteiger partial charge in [-0.25, -0.2) is 4.98 Å². The minimum Gasteiger partial charge on any atom is -0.465 e. The van der Waals surface area contributed by atoms with Gasteiger partial charge in [-0.3, -0.25) is 9.59 Å². The highest BCUT2D eigenvalue weighted by atomic mass is 32.2. The number of rotatable bonds is 4. The molecule has 5 nitrogen and oxygen atoms in total. The summed E-state index contributed by atoms with van der Waals surface area (Å²) < 4.78 is 4.99. The van der Waals surface area contributed by atoms with Gasteiger partial charge in [0.05, 0.1) is 12.0 Å². The Morgan fingerprint density at radius 1 is 1.57 bits per heavy atom. The number of hydrogen-bond acceptors (Lipinski definition) is 6. The second-order valence-corrected chi connectivity index (χ2v) is 8.33. The van der Waals surface area contributed by atoms with E-state index in [9.17, 15) is 9.59 Å². The number of hydrogen-bond donors (Lipinski definition) is 1. The Balaban J connectivity index is 1.93. The number of fused-ring (bicyclic) bond motifs is 3. The van der Waals surface area contributed by atoms with E-state index in [2.05, 4.69) is 16.9 Å². The third kappa shape index (κ3) is 3.30. The summed E-state index contributed by atoms with van der Waals surface area (Å²) in [6, 6.07) is 0. The van der Waals surface area contributed by atoms with E-state index in [4.69, 9.17) is 4.74 Å². The van der Waals surface area contributed by atoms with Gasteiger partial charge in [-0.2, -0.15) is 0 Å². The number of aromatic amines is 1. The highest BCUT2D eigenvalue weighted by Gasteiger charge is 2.24. The lowest BCUT2D eigenvalue weighted by Crippen LogP contribution is -2.18. The summed E-state index contributed by atoms with van der Waals surface area (Å²) in [4.78, 5) is 33.7. The molecule has 3 rings (SSSR count). The molecule has 7 heteroatoms. The van der Waals surface area contributed by atoms with Crippen LogP contribution in [-0.2, 0) is 22.4 Å². The monoisotopic (exact) mass is 352 g/mol. The zero-order valence-electron chi connectivity index (χ0n) is 13.5. The number of thioether (sulfide) groups is 1. The number of H-pyrrole nitrogens is 1. The molecule has 2 aromatic rings. The van der Waals surface area contributed by atoms with Crippen molar-refractivity contribution < 1.29 is 9.53 Å². The van der Waals surface area contributed by atoms with Crippen LogP contribution in [0.15, 0.2) is 9.95 Å². The third-order valence-corrected chi connectivity index (χ3v) is 6.16. The van der Waals surface area contributed by atoms with E-state index in [1.54, 1.807) is 25.2 Å². The van der Waals surface area contributed by atoms with Crippen LogP contribution in [0.2, 0.25) is 0 Å². The van der Waals surface area contributed by atoms with E-state index >= 15 is 0 Å². The summed E-state index contributed by atoms with van der Waals surface area (Å²) in [5.74, 6) is 0.367. The predicted octanol–water partition coefficient (Wildman–Crippen LogP) is 3.15. The fourth-order valence-corrected chi connectivity index (χ4v) is 5.10. The molecule has 0 bridgehead atoms. The fraction of sp³-hybridized carbons (Fsp3) is 0.562. The molecule has 0 spiro atoms.